The predicted molar refractivity (Wildman–Crippen MR) is 92.0 cm³/mol. The van der Waals surface area contributed by atoms with Gasteiger partial charge in [0, 0.05) is 41.4 Å². The zero-order chi connectivity index (χ0) is 15.7. The van der Waals surface area contributed by atoms with Gasteiger partial charge in [0.05, 0.1) is 5.69 Å². The van der Waals surface area contributed by atoms with Gasteiger partial charge in [-0.3, -0.25) is 4.68 Å². The summed E-state index contributed by atoms with van der Waals surface area (Å²) in [5, 5.41) is 7.95. The van der Waals surface area contributed by atoms with E-state index in [1.807, 2.05) is 23.9 Å². The van der Waals surface area contributed by atoms with Gasteiger partial charge < -0.3 is 10.1 Å². The lowest BCUT2D eigenvalue weighted by Gasteiger charge is -2.18. The van der Waals surface area contributed by atoms with E-state index in [1.54, 1.807) is 0 Å². The topological polar surface area (TPSA) is 39.1 Å². The fraction of sp³-hybridized carbons (Fsp3) is 0.353. The van der Waals surface area contributed by atoms with Gasteiger partial charge >= 0.3 is 0 Å². The smallest absolute Gasteiger partial charge is 0.127 e. The first-order chi connectivity index (χ1) is 10.5. The molecule has 0 unspecified atom stereocenters. The Bertz CT molecular complexity index is 734. The Hall–Kier alpha value is -1.59. The molecular formula is C17H20BrN3O. The number of aromatic nitrogens is 2. The van der Waals surface area contributed by atoms with Gasteiger partial charge in [0.25, 0.3) is 0 Å². The first-order valence-electron chi connectivity index (χ1n) is 7.36. The summed E-state index contributed by atoms with van der Waals surface area (Å²) in [6, 6.07) is 6.09. The van der Waals surface area contributed by atoms with Crippen LogP contribution in [0.3, 0.4) is 0 Å². The molecule has 1 aliphatic rings. The highest BCUT2D eigenvalue weighted by Gasteiger charge is 2.13. The molecule has 3 rings (SSSR count). The van der Waals surface area contributed by atoms with Crippen molar-refractivity contribution in [2.45, 2.75) is 20.4 Å². The lowest BCUT2D eigenvalue weighted by atomic mass is 10.1. The number of hydrogen-bond acceptors (Lipinski definition) is 3. The van der Waals surface area contributed by atoms with Gasteiger partial charge in [-0.25, -0.2) is 0 Å². The first kappa shape index (κ1) is 15.3. The third-order valence-corrected chi connectivity index (χ3v) is 4.55. The van der Waals surface area contributed by atoms with Gasteiger partial charge in [-0.15, -0.1) is 0 Å². The van der Waals surface area contributed by atoms with E-state index in [0.717, 1.165) is 34.6 Å². The molecule has 116 valence electrons. The highest BCUT2D eigenvalue weighted by molar-refractivity contribution is 9.10. The van der Waals surface area contributed by atoms with Crippen molar-refractivity contribution in [2.24, 2.45) is 7.05 Å². The molecule has 0 aliphatic carbocycles. The van der Waals surface area contributed by atoms with Gasteiger partial charge in [-0.05, 0) is 43.7 Å². The van der Waals surface area contributed by atoms with Crippen LogP contribution in [-0.4, -0.2) is 22.9 Å². The minimum Gasteiger partial charge on any atom is -0.489 e. The normalized spacial score (nSPS) is 13.5. The van der Waals surface area contributed by atoms with Gasteiger partial charge in [0.15, 0.2) is 0 Å². The van der Waals surface area contributed by atoms with Gasteiger partial charge in [-0.2, -0.15) is 5.10 Å². The quantitative estimate of drug-likeness (QED) is 0.907. The van der Waals surface area contributed by atoms with E-state index < -0.39 is 0 Å². The number of halogens is 1. The van der Waals surface area contributed by atoms with Crippen molar-refractivity contribution in [2.75, 3.05) is 13.2 Å². The molecule has 2 heterocycles. The average Bonchev–Trinajstić information content (AvgIpc) is 2.73. The number of hydrogen-bond donors (Lipinski definition) is 1. The molecule has 22 heavy (non-hydrogen) atoms. The van der Waals surface area contributed by atoms with Crippen molar-refractivity contribution in [3.63, 3.8) is 0 Å². The second-order valence-electron chi connectivity index (χ2n) is 5.65. The maximum atomic E-state index is 5.80. The lowest BCUT2D eigenvalue weighted by molar-refractivity contribution is 0.343. The summed E-state index contributed by atoms with van der Waals surface area (Å²) in [5.74, 6) is 0.950. The molecule has 4 nitrogen and oxygen atoms in total. The van der Waals surface area contributed by atoms with Crippen LogP contribution in [0.1, 0.15) is 22.5 Å². The molecule has 0 amide bonds. The first-order valence-corrected chi connectivity index (χ1v) is 8.15. The Balaban J connectivity index is 1.65. The largest absolute Gasteiger partial charge is 0.489 e. The van der Waals surface area contributed by atoms with Crippen LogP contribution in [0.15, 0.2) is 28.2 Å². The van der Waals surface area contributed by atoms with Crippen LogP contribution < -0.4 is 10.1 Å². The van der Waals surface area contributed by atoms with Crippen LogP contribution in [-0.2, 0) is 13.6 Å². The summed E-state index contributed by atoms with van der Waals surface area (Å²) < 4.78 is 8.80. The SMILES string of the molecule is Cc1nn(C)c(C)c1CNCC1=Cc2cc(Br)ccc2OC1. The van der Waals surface area contributed by atoms with E-state index in [1.165, 1.54) is 16.8 Å². The van der Waals surface area contributed by atoms with Crippen molar-refractivity contribution in [3.8, 4) is 5.75 Å². The van der Waals surface area contributed by atoms with Crippen LogP contribution in [0.5, 0.6) is 5.75 Å². The number of aryl methyl sites for hydroxylation is 2. The third kappa shape index (κ3) is 3.10. The molecule has 0 saturated carbocycles. The van der Waals surface area contributed by atoms with Gasteiger partial charge in [0.2, 0.25) is 0 Å². The van der Waals surface area contributed by atoms with Crippen LogP contribution in [0, 0.1) is 13.8 Å². The zero-order valence-corrected chi connectivity index (χ0v) is 14.7. The van der Waals surface area contributed by atoms with Crippen molar-refractivity contribution in [3.05, 3.63) is 50.8 Å². The Morgan fingerprint density at radius 2 is 2.14 bits per heavy atom. The van der Waals surface area contributed by atoms with E-state index in [-0.39, 0.29) is 0 Å². The lowest BCUT2D eigenvalue weighted by Crippen LogP contribution is -2.22. The minimum absolute atomic E-state index is 0.645. The molecule has 1 N–H and O–H groups in total. The molecule has 1 aromatic carbocycles. The Morgan fingerprint density at radius 3 is 2.86 bits per heavy atom. The fourth-order valence-electron chi connectivity index (χ4n) is 2.72. The highest BCUT2D eigenvalue weighted by atomic mass is 79.9. The summed E-state index contributed by atoms with van der Waals surface area (Å²) in [6.07, 6.45) is 2.21. The molecule has 0 spiro atoms. The van der Waals surface area contributed by atoms with Gasteiger partial charge in [0.1, 0.15) is 12.4 Å². The van der Waals surface area contributed by atoms with E-state index >= 15 is 0 Å². The number of nitrogens with one attached hydrogen (secondary N) is 1. The summed E-state index contributed by atoms with van der Waals surface area (Å²) in [5.41, 5.74) is 5.97. The monoisotopic (exact) mass is 361 g/mol. The highest BCUT2D eigenvalue weighted by Crippen LogP contribution is 2.28. The predicted octanol–water partition coefficient (Wildman–Crippen LogP) is 3.37. The third-order valence-electron chi connectivity index (χ3n) is 4.06. The molecule has 2 aromatic rings. The molecule has 0 bridgehead atoms. The Labute approximate surface area is 139 Å². The second-order valence-corrected chi connectivity index (χ2v) is 6.57. The zero-order valence-electron chi connectivity index (χ0n) is 13.1. The molecule has 1 aliphatic heterocycles. The molecule has 0 atom stereocenters. The number of ether oxygens (including phenoxy) is 1. The van der Waals surface area contributed by atoms with Crippen molar-refractivity contribution in [1.29, 1.82) is 0 Å². The van der Waals surface area contributed by atoms with Gasteiger partial charge in [-0.1, -0.05) is 15.9 Å². The Kier molecular flexibility index (Phi) is 4.36. The number of rotatable bonds is 4. The number of benzene rings is 1. The van der Waals surface area contributed by atoms with Crippen molar-refractivity contribution >= 4 is 22.0 Å². The molecule has 0 fully saturated rings. The number of nitrogens with zero attached hydrogens (tertiary/aromatic N) is 2. The van der Waals surface area contributed by atoms with Crippen LogP contribution in [0.2, 0.25) is 0 Å². The summed E-state index contributed by atoms with van der Waals surface area (Å²) >= 11 is 3.50. The van der Waals surface area contributed by atoms with Crippen LogP contribution >= 0.6 is 15.9 Å². The maximum Gasteiger partial charge on any atom is 0.127 e. The molecule has 0 saturated heterocycles. The molecule has 0 radical (unpaired) electrons. The van der Waals surface area contributed by atoms with E-state index in [9.17, 15) is 0 Å². The van der Waals surface area contributed by atoms with Crippen molar-refractivity contribution in [1.82, 2.24) is 15.1 Å². The fourth-order valence-corrected chi connectivity index (χ4v) is 3.10. The Morgan fingerprint density at radius 1 is 1.32 bits per heavy atom. The van der Waals surface area contributed by atoms with Crippen LogP contribution in [0.25, 0.3) is 6.08 Å². The molecule has 5 heteroatoms. The maximum absolute atomic E-state index is 5.80. The second kappa shape index (κ2) is 6.26. The van der Waals surface area contributed by atoms with E-state index in [2.05, 4.69) is 52.3 Å². The molecule has 1 aromatic heterocycles. The molecular weight excluding hydrogens is 342 g/mol. The van der Waals surface area contributed by atoms with E-state index in [4.69, 9.17) is 4.74 Å². The van der Waals surface area contributed by atoms with Crippen LogP contribution in [0.4, 0.5) is 0 Å². The standard InChI is InChI=1S/C17H20BrN3O/c1-11-16(12(2)21(3)20-11)9-19-8-13-6-14-7-15(18)4-5-17(14)22-10-13/h4-7,19H,8-10H2,1-3H3. The number of fused-ring (bicyclic) bond motifs is 1. The van der Waals surface area contributed by atoms with Crippen molar-refractivity contribution < 1.29 is 4.74 Å². The minimum atomic E-state index is 0.645. The average molecular weight is 362 g/mol. The summed E-state index contributed by atoms with van der Waals surface area (Å²) in [7, 11) is 1.98. The summed E-state index contributed by atoms with van der Waals surface area (Å²) in [6.45, 7) is 6.45. The summed E-state index contributed by atoms with van der Waals surface area (Å²) in [4.78, 5) is 0. The van der Waals surface area contributed by atoms with E-state index in [0.29, 0.717) is 6.61 Å².